The highest BCUT2D eigenvalue weighted by molar-refractivity contribution is 5.33. The van der Waals surface area contributed by atoms with Crippen LogP contribution < -0.4 is 5.73 Å². The quantitative estimate of drug-likeness (QED) is 0.592. The molecule has 0 saturated carbocycles. The largest absolute Gasteiger partial charge is 0.330 e. The molecule has 0 aliphatic carbocycles. The molecule has 84 valence electrons. The Labute approximate surface area is 88.2 Å². The zero-order chi connectivity index (χ0) is 11.6. The lowest BCUT2D eigenvalue weighted by atomic mass is 9.88. The van der Waals surface area contributed by atoms with Crippen LogP contribution in [-0.2, 0) is 13.5 Å². The molecule has 0 radical (unpaired) electrons. The fourth-order valence-electron chi connectivity index (χ4n) is 1.33. The van der Waals surface area contributed by atoms with Gasteiger partial charge < -0.3 is 5.73 Å². The first kappa shape index (κ1) is 11.6. The average molecular weight is 212 g/mol. The van der Waals surface area contributed by atoms with Crippen LogP contribution in [-0.4, -0.2) is 21.2 Å². The smallest absolute Gasteiger partial charge is 0.310 e. The van der Waals surface area contributed by atoms with Crippen molar-refractivity contribution in [2.45, 2.75) is 20.3 Å². The highest BCUT2D eigenvalue weighted by Crippen LogP contribution is 2.26. The molecule has 0 atom stereocenters. The second-order valence-corrected chi connectivity index (χ2v) is 4.40. The van der Waals surface area contributed by atoms with Crippen LogP contribution in [0.5, 0.6) is 0 Å². The lowest BCUT2D eigenvalue weighted by Crippen LogP contribution is -2.27. The summed E-state index contributed by atoms with van der Waals surface area (Å²) in [4.78, 5) is 10.3. The molecule has 2 N–H and O–H groups in total. The molecular formula is C9H16N4O2. The minimum absolute atomic E-state index is 0.0685. The number of aromatic nitrogens is 2. The van der Waals surface area contributed by atoms with Crippen LogP contribution in [0.25, 0.3) is 0 Å². The third kappa shape index (κ3) is 2.53. The van der Waals surface area contributed by atoms with Crippen molar-refractivity contribution in [3.8, 4) is 0 Å². The Morgan fingerprint density at radius 1 is 1.67 bits per heavy atom. The summed E-state index contributed by atoms with van der Waals surface area (Å²) in [5.74, 6) is 0. The SMILES string of the molecule is Cn1ncc([N+](=O)[O-])c1CC(C)(C)CN. The molecule has 0 spiro atoms. The molecule has 0 bridgehead atoms. The zero-order valence-corrected chi connectivity index (χ0v) is 9.23. The molecule has 0 aliphatic rings. The first-order valence-electron chi connectivity index (χ1n) is 4.73. The van der Waals surface area contributed by atoms with E-state index in [1.165, 1.54) is 10.9 Å². The second-order valence-electron chi connectivity index (χ2n) is 4.40. The van der Waals surface area contributed by atoms with Gasteiger partial charge in [-0.2, -0.15) is 5.10 Å². The molecule has 1 rings (SSSR count). The lowest BCUT2D eigenvalue weighted by Gasteiger charge is -2.21. The Bertz CT molecular complexity index is 370. The predicted octanol–water partition coefficient (Wildman–Crippen LogP) is 0.856. The van der Waals surface area contributed by atoms with Gasteiger partial charge in [0.1, 0.15) is 11.9 Å². The fraction of sp³-hybridized carbons (Fsp3) is 0.667. The van der Waals surface area contributed by atoms with E-state index in [0.717, 1.165) is 0 Å². The lowest BCUT2D eigenvalue weighted by molar-refractivity contribution is -0.385. The molecule has 6 heteroatoms. The summed E-state index contributed by atoms with van der Waals surface area (Å²) in [6.07, 6.45) is 1.83. The van der Waals surface area contributed by atoms with Crippen molar-refractivity contribution in [1.29, 1.82) is 0 Å². The summed E-state index contributed by atoms with van der Waals surface area (Å²) in [6.45, 7) is 4.43. The summed E-state index contributed by atoms with van der Waals surface area (Å²) in [5, 5.41) is 14.6. The molecule has 0 fully saturated rings. The molecule has 0 saturated heterocycles. The Kier molecular flexibility index (Phi) is 3.09. The Morgan fingerprint density at radius 3 is 2.73 bits per heavy atom. The van der Waals surface area contributed by atoms with Crippen LogP contribution in [0.3, 0.4) is 0 Å². The first-order chi connectivity index (χ1) is 6.87. The molecule has 0 amide bonds. The van der Waals surface area contributed by atoms with E-state index in [9.17, 15) is 10.1 Å². The number of aryl methyl sites for hydroxylation is 1. The van der Waals surface area contributed by atoms with Gasteiger partial charge >= 0.3 is 5.69 Å². The van der Waals surface area contributed by atoms with Gasteiger partial charge in [-0.1, -0.05) is 13.8 Å². The Hall–Kier alpha value is -1.43. The van der Waals surface area contributed by atoms with Gasteiger partial charge in [0, 0.05) is 13.5 Å². The van der Waals surface area contributed by atoms with E-state index < -0.39 is 4.92 Å². The number of rotatable bonds is 4. The van der Waals surface area contributed by atoms with Crippen LogP contribution >= 0.6 is 0 Å². The third-order valence-electron chi connectivity index (χ3n) is 2.43. The minimum Gasteiger partial charge on any atom is -0.330 e. The molecule has 6 nitrogen and oxygen atoms in total. The number of nitro groups is 1. The van der Waals surface area contributed by atoms with Crippen LogP contribution in [0.4, 0.5) is 5.69 Å². The number of nitrogens with two attached hydrogens (primary N) is 1. The average Bonchev–Trinajstić information content (AvgIpc) is 2.48. The van der Waals surface area contributed by atoms with Crippen molar-refractivity contribution in [3.63, 3.8) is 0 Å². The van der Waals surface area contributed by atoms with Crippen molar-refractivity contribution >= 4 is 5.69 Å². The molecule has 0 aromatic carbocycles. The second kappa shape index (κ2) is 3.98. The standard InChI is InChI=1S/C9H16N4O2/c1-9(2,6-10)4-7-8(13(14)15)5-11-12(7)3/h5H,4,6,10H2,1-3H3. The van der Waals surface area contributed by atoms with E-state index in [1.807, 2.05) is 13.8 Å². The zero-order valence-electron chi connectivity index (χ0n) is 9.23. The van der Waals surface area contributed by atoms with Crippen molar-refractivity contribution < 1.29 is 4.92 Å². The van der Waals surface area contributed by atoms with Crippen LogP contribution in [0.1, 0.15) is 19.5 Å². The molecule has 0 aliphatic heterocycles. The number of nitrogens with zero attached hydrogens (tertiary/aromatic N) is 3. The van der Waals surface area contributed by atoms with Crippen LogP contribution in [0.2, 0.25) is 0 Å². The maximum atomic E-state index is 10.7. The van der Waals surface area contributed by atoms with E-state index in [-0.39, 0.29) is 11.1 Å². The molecule has 15 heavy (non-hydrogen) atoms. The monoisotopic (exact) mass is 212 g/mol. The van der Waals surface area contributed by atoms with Gasteiger partial charge in [0.25, 0.3) is 0 Å². The summed E-state index contributed by atoms with van der Waals surface area (Å²) in [7, 11) is 1.70. The highest BCUT2D eigenvalue weighted by Gasteiger charge is 2.25. The van der Waals surface area contributed by atoms with E-state index in [2.05, 4.69) is 5.10 Å². The minimum atomic E-state index is -0.408. The van der Waals surface area contributed by atoms with Gasteiger partial charge in [0.2, 0.25) is 0 Å². The van der Waals surface area contributed by atoms with Gasteiger partial charge in [-0.15, -0.1) is 0 Å². The summed E-state index contributed by atoms with van der Waals surface area (Å²) >= 11 is 0. The summed E-state index contributed by atoms with van der Waals surface area (Å²) in [5.41, 5.74) is 6.13. The van der Waals surface area contributed by atoms with Crippen molar-refractivity contribution in [2.24, 2.45) is 18.2 Å². The predicted molar refractivity (Wildman–Crippen MR) is 56.4 cm³/mol. The molecule has 1 aromatic heterocycles. The van der Waals surface area contributed by atoms with E-state index >= 15 is 0 Å². The van der Waals surface area contributed by atoms with Gasteiger partial charge in [-0.25, -0.2) is 0 Å². The molecule has 1 heterocycles. The first-order valence-corrected chi connectivity index (χ1v) is 4.73. The van der Waals surface area contributed by atoms with E-state index in [0.29, 0.717) is 18.7 Å². The van der Waals surface area contributed by atoms with Gasteiger partial charge in [-0.05, 0) is 12.0 Å². The summed E-state index contributed by atoms with van der Waals surface area (Å²) < 4.78 is 1.54. The fourth-order valence-corrected chi connectivity index (χ4v) is 1.33. The third-order valence-corrected chi connectivity index (χ3v) is 2.43. The van der Waals surface area contributed by atoms with Crippen LogP contribution in [0.15, 0.2) is 6.20 Å². The van der Waals surface area contributed by atoms with E-state index in [1.54, 1.807) is 7.05 Å². The Balaban J connectivity index is 3.03. The molecule has 1 aromatic rings. The van der Waals surface area contributed by atoms with Crippen molar-refractivity contribution in [2.75, 3.05) is 6.54 Å². The molecule has 0 unspecified atom stereocenters. The van der Waals surface area contributed by atoms with Crippen molar-refractivity contribution in [1.82, 2.24) is 9.78 Å². The maximum Gasteiger partial charge on any atom is 0.310 e. The van der Waals surface area contributed by atoms with Gasteiger partial charge in [0.15, 0.2) is 0 Å². The summed E-state index contributed by atoms with van der Waals surface area (Å²) in [6, 6.07) is 0. The highest BCUT2D eigenvalue weighted by atomic mass is 16.6. The van der Waals surface area contributed by atoms with Crippen molar-refractivity contribution in [3.05, 3.63) is 22.0 Å². The normalized spacial score (nSPS) is 11.7. The van der Waals surface area contributed by atoms with Gasteiger partial charge in [-0.3, -0.25) is 14.8 Å². The molecular weight excluding hydrogens is 196 g/mol. The Morgan fingerprint density at radius 2 is 2.27 bits per heavy atom. The maximum absolute atomic E-state index is 10.7. The number of hydrogen-bond acceptors (Lipinski definition) is 4. The van der Waals surface area contributed by atoms with E-state index in [4.69, 9.17) is 5.73 Å². The van der Waals surface area contributed by atoms with Crippen LogP contribution in [0, 0.1) is 15.5 Å². The van der Waals surface area contributed by atoms with Gasteiger partial charge in [0.05, 0.1) is 4.92 Å². The topological polar surface area (TPSA) is 87.0 Å². The number of hydrogen-bond donors (Lipinski definition) is 1.